The smallest absolute Gasteiger partial charge is 0.148 e. The summed E-state index contributed by atoms with van der Waals surface area (Å²) in [4.78, 5) is 33.7. The lowest BCUT2D eigenvalue weighted by atomic mass is 9.82. The van der Waals surface area contributed by atoms with Crippen molar-refractivity contribution in [2.45, 2.75) is 221 Å². The first-order chi connectivity index (χ1) is 50.8. The summed E-state index contributed by atoms with van der Waals surface area (Å²) in [5, 5.41) is 3.10. The maximum Gasteiger partial charge on any atom is 0.148 e. The highest BCUT2D eigenvalue weighted by Gasteiger charge is 2.46. The van der Waals surface area contributed by atoms with Crippen LogP contribution in [0.25, 0.3) is 150 Å². The van der Waals surface area contributed by atoms with Crippen LogP contribution in [0.2, 0.25) is 0 Å². The molecule has 0 N–H and O–H groups in total. The Labute approximate surface area is 642 Å². The standard InChI is InChI=1S/C99H99N9.CH4/c1-91(2,3)88-103-76-43-55(34-37-67(76)85-100-79-46-70-73(49-82(79)106(85)88)97(16,17)52-94(70,10)11)61-28-22-25-31-64(61)58-40-59(65-32-26-23-29-62(65)56-35-38-68-77(44-56)104-89(92(4,5)6)107-83-50-74-71(47-80(83)101-86(68)107)95(12,13)53-98(74,18)19)42-60(41-58)66-33-27-24-30-63(66)57-36-39-69-78(45-57)105-90(93(7,8)9)108-84-51-75-72(48-81(84)102-87(69)108)96(14,15)54-99(75,20)21;/h22-51H,52-54H2,1-21H3;1H4. The molecule has 9 nitrogen and oxygen atoms in total. The molecule has 0 radical (unpaired) electrons. The van der Waals surface area contributed by atoms with Crippen molar-refractivity contribution in [3.8, 4) is 66.8 Å². The van der Waals surface area contributed by atoms with Gasteiger partial charge in [0.05, 0.1) is 49.7 Å². The van der Waals surface area contributed by atoms with Gasteiger partial charge in [0.25, 0.3) is 0 Å². The van der Waals surface area contributed by atoms with Crippen molar-refractivity contribution < 1.29 is 0 Å². The number of hydrogen-bond acceptors (Lipinski definition) is 6. The van der Waals surface area contributed by atoms with Gasteiger partial charge < -0.3 is 0 Å². The van der Waals surface area contributed by atoms with E-state index < -0.39 is 0 Å². The van der Waals surface area contributed by atoms with E-state index in [9.17, 15) is 0 Å². The Morgan fingerprint density at radius 2 is 0.468 bits per heavy atom. The maximum absolute atomic E-state index is 5.70. The van der Waals surface area contributed by atoms with Gasteiger partial charge in [-0.1, -0.05) is 244 Å². The third-order valence-electron chi connectivity index (χ3n) is 25.0. The van der Waals surface area contributed by atoms with Crippen LogP contribution in [0.1, 0.15) is 223 Å². The Hall–Kier alpha value is -10.4. The van der Waals surface area contributed by atoms with Gasteiger partial charge in [-0.15, -0.1) is 0 Å². The van der Waals surface area contributed by atoms with Crippen LogP contribution in [0, 0.1) is 0 Å². The van der Waals surface area contributed by atoms with Crippen LogP contribution in [-0.4, -0.2) is 43.1 Å². The summed E-state index contributed by atoms with van der Waals surface area (Å²) in [5.74, 6) is 2.99. The Morgan fingerprint density at radius 1 is 0.248 bits per heavy atom. The highest BCUT2D eigenvalue weighted by Crippen LogP contribution is 2.55. The van der Waals surface area contributed by atoms with E-state index in [0.717, 1.165) is 186 Å². The number of nitrogens with zero attached hydrogens (tertiary/aromatic N) is 9. The molecule has 10 aromatic carbocycles. The van der Waals surface area contributed by atoms with Crippen LogP contribution in [-0.2, 0) is 48.7 Å². The van der Waals surface area contributed by atoms with Gasteiger partial charge in [-0.25, -0.2) is 29.9 Å². The predicted octanol–water partition coefficient (Wildman–Crippen LogP) is 26.1. The van der Waals surface area contributed by atoms with E-state index in [-0.39, 0.29) is 56.2 Å². The summed E-state index contributed by atoms with van der Waals surface area (Å²) in [6.45, 7) is 49.2. The highest BCUT2D eigenvalue weighted by molar-refractivity contribution is 6.04. The van der Waals surface area contributed by atoms with Crippen molar-refractivity contribution in [1.82, 2.24) is 43.1 Å². The first kappa shape index (κ1) is 70.3. The Morgan fingerprint density at radius 3 is 0.697 bits per heavy atom. The lowest BCUT2D eigenvalue weighted by Gasteiger charge is -2.22. The van der Waals surface area contributed by atoms with Crippen LogP contribution < -0.4 is 0 Å². The van der Waals surface area contributed by atoms with Gasteiger partial charge in [0, 0.05) is 32.4 Å². The minimum Gasteiger partial charge on any atom is -0.279 e. The molecule has 16 aromatic rings. The fraction of sp³-hybridized carbons (Fsp3) is 0.340. The van der Waals surface area contributed by atoms with Crippen LogP contribution in [0.5, 0.6) is 0 Å². The average molecular weight is 1430 g/mol. The number of hydrogen-bond donors (Lipinski definition) is 0. The first-order valence-corrected chi connectivity index (χ1v) is 39.2. The van der Waals surface area contributed by atoms with Gasteiger partial charge in [-0.2, -0.15) is 0 Å². The van der Waals surface area contributed by atoms with E-state index in [1.807, 2.05) is 0 Å². The molecule has 0 bridgehead atoms. The van der Waals surface area contributed by atoms with Crippen molar-refractivity contribution in [3.63, 3.8) is 0 Å². The van der Waals surface area contributed by atoms with E-state index in [1.165, 1.54) is 33.4 Å². The number of fused-ring (bicyclic) bond motifs is 18. The Bertz CT molecular complexity index is 6000. The lowest BCUT2D eigenvalue weighted by molar-refractivity contribution is 0.403. The van der Waals surface area contributed by atoms with Gasteiger partial charge in [0.1, 0.15) is 34.4 Å². The fourth-order valence-corrected chi connectivity index (χ4v) is 20.8. The highest BCUT2D eigenvalue weighted by atomic mass is 15.1. The van der Waals surface area contributed by atoms with Gasteiger partial charge in [-0.3, -0.25) is 13.2 Å². The largest absolute Gasteiger partial charge is 0.279 e. The summed E-state index contributed by atoms with van der Waals surface area (Å²) in [7, 11) is 0. The molecule has 6 heterocycles. The molecule has 3 aliphatic rings. The molecule has 0 atom stereocenters. The van der Waals surface area contributed by atoms with Gasteiger partial charge in [0.2, 0.25) is 0 Å². The van der Waals surface area contributed by atoms with Crippen LogP contribution in [0.3, 0.4) is 0 Å². The molecule has 3 aliphatic carbocycles. The third kappa shape index (κ3) is 10.6. The number of imidazole rings is 3. The van der Waals surface area contributed by atoms with E-state index in [1.54, 1.807) is 0 Å². The average Bonchev–Trinajstić information content (AvgIpc) is 1.56. The molecule has 0 amide bonds. The molecule has 109 heavy (non-hydrogen) atoms. The third-order valence-corrected chi connectivity index (χ3v) is 25.0. The normalized spacial score (nSPS) is 16.9. The molecule has 6 aromatic heterocycles. The molecule has 0 spiro atoms. The molecule has 0 saturated carbocycles. The van der Waals surface area contributed by atoms with Gasteiger partial charge in [-0.05, 0) is 243 Å². The second-order valence-electron chi connectivity index (χ2n) is 39.5. The van der Waals surface area contributed by atoms with Crippen molar-refractivity contribution >= 4 is 82.8 Å². The zero-order chi connectivity index (χ0) is 75.6. The molecule has 0 unspecified atom stereocenters. The fourth-order valence-electron chi connectivity index (χ4n) is 20.8. The first-order valence-electron chi connectivity index (χ1n) is 39.2. The summed E-state index contributed by atoms with van der Waals surface area (Å²) in [6.07, 6.45) is 3.29. The molecule has 19 rings (SSSR count). The van der Waals surface area contributed by atoms with Crippen molar-refractivity contribution in [1.29, 1.82) is 0 Å². The quantitative estimate of drug-likeness (QED) is 0.165. The predicted molar refractivity (Wildman–Crippen MR) is 459 cm³/mol. The molecular weight excluding hydrogens is 1330 g/mol. The van der Waals surface area contributed by atoms with Gasteiger partial charge in [0.15, 0.2) is 0 Å². The van der Waals surface area contributed by atoms with Gasteiger partial charge >= 0.3 is 0 Å². The molecule has 548 valence electrons. The molecule has 0 saturated heterocycles. The number of rotatable bonds is 6. The van der Waals surface area contributed by atoms with Crippen LogP contribution in [0.4, 0.5) is 0 Å². The molecule has 9 heteroatoms. The zero-order valence-electron chi connectivity index (χ0n) is 67.0. The van der Waals surface area contributed by atoms with Crippen LogP contribution in [0.15, 0.2) is 182 Å². The van der Waals surface area contributed by atoms with Crippen LogP contribution >= 0.6 is 0 Å². The summed E-state index contributed by atoms with van der Waals surface area (Å²) in [6, 6.07) is 69.2. The van der Waals surface area contributed by atoms with E-state index in [2.05, 4.69) is 341 Å². The second kappa shape index (κ2) is 22.9. The van der Waals surface area contributed by atoms with E-state index in [4.69, 9.17) is 29.9 Å². The SMILES string of the molecule is C.CC(C)(C)c1nc2cc(-c3ccccc3-c3cc(-c4ccccc4-c4ccc5c(c4)nc(C(C)(C)C)n4c6cc7c(cc6nc54)C(C)(C)CC7(C)C)cc(-c4ccccc4-c4ccc5c(c4)nc(C(C)(C)C)n4c6cc7c(cc6nc54)C(C)(C)CC7(C)C)c3)ccc2c2nc3cc4c(cc3n12)C(C)(C)CC4(C)C. The minimum atomic E-state index is -0.295. The number of aromatic nitrogens is 9. The Kier molecular flexibility index (Phi) is 14.8. The monoisotopic (exact) mass is 1430 g/mol. The molecule has 0 aliphatic heterocycles. The summed E-state index contributed by atoms with van der Waals surface area (Å²) >= 11 is 0. The van der Waals surface area contributed by atoms with Crippen molar-refractivity contribution in [2.75, 3.05) is 0 Å². The summed E-state index contributed by atoms with van der Waals surface area (Å²) < 4.78 is 7.09. The minimum absolute atomic E-state index is 0. The zero-order valence-corrected chi connectivity index (χ0v) is 67.0. The lowest BCUT2D eigenvalue weighted by Crippen LogP contribution is -2.19. The number of benzene rings is 10. The van der Waals surface area contributed by atoms with Crippen molar-refractivity contribution in [2.24, 2.45) is 0 Å². The molecule has 0 fully saturated rings. The van der Waals surface area contributed by atoms with Crippen molar-refractivity contribution in [3.05, 3.63) is 233 Å². The summed E-state index contributed by atoms with van der Waals surface area (Å²) in [5.41, 5.74) is 33.2. The topological polar surface area (TPSA) is 90.6 Å². The van der Waals surface area contributed by atoms with E-state index in [0.29, 0.717) is 0 Å². The van der Waals surface area contributed by atoms with E-state index >= 15 is 0 Å². The Balaban J connectivity index is 0.00000836. The molecular formula is C100H103N9. The second-order valence-corrected chi connectivity index (χ2v) is 39.5. The maximum atomic E-state index is 5.70.